The highest BCUT2D eigenvalue weighted by Gasteiger charge is 2.34. The lowest BCUT2D eigenvalue weighted by Crippen LogP contribution is -2.14. The van der Waals surface area contributed by atoms with Gasteiger partial charge in [-0.3, -0.25) is 0 Å². The summed E-state index contributed by atoms with van der Waals surface area (Å²) in [6, 6.07) is 76.3. The molecule has 0 amide bonds. The molecule has 79 heavy (non-hydrogen) atoms. The maximum atomic E-state index is 4.25. The zero-order valence-electron chi connectivity index (χ0n) is 54.3. The fourth-order valence-corrected chi connectivity index (χ4v) is 8.17. The van der Waals surface area contributed by atoms with Gasteiger partial charge < -0.3 is 9.47 Å². The molecule has 2 aliphatic carbocycles. The van der Waals surface area contributed by atoms with Gasteiger partial charge in [-0.05, 0) is 65.7 Å². The van der Waals surface area contributed by atoms with Crippen LogP contribution in [0.3, 0.4) is 0 Å². The van der Waals surface area contributed by atoms with Crippen LogP contribution in [-0.2, 0) is 14.9 Å². The molecule has 9 aromatic carbocycles. The Hall–Kier alpha value is -6.32. The van der Waals surface area contributed by atoms with Crippen LogP contribution in [0.1, 0.15) is 174 Å². The Morgan fingerprint density at radius 1 is 0.228 bits per heavy atom. The average molecular weight is 1070 g/mol. The van der Waals surface area contributed by atoms with E-state index in [1.54, 1.807) is 28.4 Å². The van der Waals surface area contributed by atoms with E-state index in [1.807, 2.05) is 147 Å². The molecule has 0 radical (unpaired) electrons. The van der Waals surface area contributed by atoms with E-state index in [2.05, 4.69) is 205 Å². The van der Waals surface area contributed by atoms with E-state index in [1.165, 1.54) is 104 Å². The van der Waals surface area contributed by atoms with Gasteiger partial charge in [0, 0.05) is 33.9 Å². The van der Waals surface area contributed by atoms with Crippen LogP contribution < -0.4 is 0 Å². The Morgan fingerprint density at radius 3 is 0.684 bits per heavy atom. The van der Waals surface area contributed by atoms with Gasteiger partial charge in [0.2, 0.25) is 0 Å². The molecule has 9 aromatic rings. The summed E-state index contributed by atoms with van der Waals surface area (Å²) in [6.45, 7) is 36.6. The first-order valence-electron chi connectivity index (χ1n) is 30.3. The third-order valence-corrected chi connectivity index (χ3v) is 11.2. The maximum Gasteiger partial charge on any atom is 0.0351 e. The summed E-state index contributed by atoms with van der Waals surface area (Å²) in [4.78, 5) is 0. The molecule has 0 atom stereocenters. The fraction of sp³-hybridized carbons (Fsp3) is 0.377. The molecule has 11 rings (SSSR count). The Labute approximate surface area is 488 Å². The molecule has 0 unspecified atom stereocenters. The summed E-state index contributed by atoms with van der Waals surface area (Å²) >= 11 is 0. The van der Waals surface area contributed by atoms with Crippen molar-refractivity contribution in [3.63, 3.8) is 0 Å². The highest BCUT2D eigenvalue weighted by atomic mass is 16.5. The summed E-state index contributed by atoms with van der Waals surface area (Å²) in [5.74, 6) is 0. The molecule has 0 heterocycles. The van der Waals surface area contributed by atoms with Crippen LogP contribution >= 0.6 is 0 Å². The van der Waals surface area contributed by atoms with Crippen LogP contribution in [0.2, 0.25) is 0 Å². The number of benzene rings is 9. The average Bonchev–Trinajstić information content (AvgIpc) is 3.83. The molecular weight excluding hydrogens is 957 g/mol. The van der Waals surface area contributed by atoms with E-state index in [4.69, 9.17) is 0 Å². The molecule has 2 nitrogen and oxygen atoms in total. The first-order valence-corrected chi connectivity index (χ1v) is 30.3. The molecule has 0 aromatic heterocycles. The van der Waals surface area contributed by atoms with E-state index in [9.17, 15) is 0 Å². The normalized spacial score (nSPS) is 10.6. The van der Waals surface area contributed by atoms with E-state index in [0.717, 1.165) is 0 Å². The lowest BCUT2D eigenvalue weighted by atomic mass is 9.82. The van der Waals surface area contributed by atoms with Gasteiger partial charge in [-0.15, -0.1) is 0 Å². The summed E-state index contributed by atoms with van der Waals surface area (Å²) < 4.78 is 8.50. The lowest BCUT2D eigenvalue weighted by molar-refractivity contribution is 0.277. The molecule has 0 N–H and O–H groups in total. The summed E-state index contributed by atoms with van der Waals surface area (Å²) in [5.41, 5.74) is 8.47. The van der Waals surface area contributed by atoms with Gasteiger partial charge in [-0.2, -0.15) is 0 Å². The number of fused-ring (bicyclic) bond motifs is 6. The highest BCUT2D eigenvalue weighted by Crippen LogP contribution is 2.48. The molecule has 2 aliphatic rings. The van der Waals surface area contributed by atoms with Crippen LogP contribution in [-0.4, -0.2) is 28.4 Å². The fourth-order valence-electron chi connectivity index (χ4n) is 8.17. The Morgan fingerprint density at radius 2 is 0.418 bits per heavy atom. The molecule has 0 spiro atoms. The second kappa shape index (κ2) is 56.4. The second-order valence-corrected chi connectivity index (χ2v) is 16.2. The quantitative estimate of drug-likeness (QED) is 0.163. The van der Waals surface area contributed by atoms with Gasteiger partial charge in [0.1, 0.15) is 0 Å². The molecule has 0 saturated heterocycles. The number of ether oxygens (including phenoxy) is 2. The van der Waals surface area contributed by atoms with Gasteiger partial charge in [0.05, 0.1) is 0 Å². The molecule has 0 aliphatic heterocycles. The van der Waals surface area contributed by atoms with Crippen LogP contribution in [0, 0.1) is 0 Å². The molecular formula is C77H114O2. The van der Waals surface area contributed by atoms with Crippen molar-refractivity contribution in [2.24, 2.45) is 0 Å². The van der Waals surface area contributed by atoms with Crippen molar-refractivity contribution in [3.8, 4) is 22.3 Å². The third kappa shape index (κ3) is 30.0. The molecule has 434 valence electrons. The second-order valence-electron chi connectivity index (χ2n) is 16.2. The minimum atomic E-state index is 0.160. The van der Waals surface area contributed by atoms with Crippen LogP contribution in [0.5, 0.6) is 0 Å². The van der Waals surface area contributed by atoms with Crippen molar-refractivity contribution in [2.75, 3.05) is 28.4 Å². The predicted octanol–water partition coefficient (Wildman–Crippen LogP) is 25.3. The molecule has 1 fully saturated rings. The van der Waals surface area contributed by atoms with Crippen molar-refractivity contribution in [1.29, 1.82) is 0 Å². The van der Waals surface area contributed by atoms with Crippen LogP contribution in [0.25, 0.3) is 54.6 Å². The van der Waals surface area contributed by atoms with Crippen LogP contribution in [0.4, 0.5) is 0 Å². The summed E-state index contributed by atoms with van der Waals surface area (Å²) in [6.07, 6.45) is 9.00. The highest BCUT2D eigenvalue weighted by molar-refractivity contribution is 6.05. The van der Waals surface area contributed by atoms with Gasteiger partial charge in [0.25, 0.3) is 0 Å². The lowest BCUT2D eigenvalue weighted by Gasteiger charge is -2.20. The smallest absolute Gasteiger partial charge is 0.0351 e. The van der Waals surface area contributed by atoms with Gasteiger partial charge >= 0.3 is 0 Å². The summed E-state index contributed by atoms with van der Waals surface area (Å²) in [7, 11) is 6.50. The minimum Gasteiger partial charge on any atom is -0.388 e. The van der Waals surface area contributed by atoms with Gasteiger partial charge in [-0.1, -0.05) is 382 Å². The van der Waals surface area contributed by atoms with Crippen molar-refractivity contribution >= 4 is 32.3 Å². The molecule has 1 saturated carbocycles. The molecule has 2 heteroatoms. The molecule has 0 bridgehead atoms. The monoisotopic (exact) mass is 1070 g/mol. The number of rotatable bonds is 1. The Kier molecular flexibility index (Phi) is 56.5. The van der Waals surface area contributed by atoms with Crippen molar-refractivity contribution in [1.82, 2.24) is 0 Å². The van der Waals surface area contributed by atoms with E-state index >= 15 is 0 Å². The first-order chi connectivity index (χ1) is 38.9. The topological polar surface area (TPSA) is 18.5 Å². The largest absolute Gasteiger partial charge is 0.388 e. The van der Waals surface area contributed by atoms with E-state index < -0.39 is 0 Å². The standard InChI is InChI=1S/C20H14.C15H14.C10H8.C6H12.C6H6.2C2H6O.8C2H6/c1-3-11-17-15(7-1)9-5-13-19(17)20-14-6-10-16-8-2-4-12-18(16)20;1-15(2)13-9-5-3-7-11(13)12-8-4-6-10-14(12)15;1-2-6-10-8-4-3-7-9(10)5-1;2*1-2-4-6-5-3-1;2*1-3-2;8*1-2/h1-14H;3-10H,1-2H3;1-8H;1-6H2;1-6H;2*1-2H3;8*1-2H3. The van der Waals surface area contributed by atoms with Gasteiger partial charge in [-0.25, -0.2) is 0 Å². The summed E-state index contributed by atoms with van der Waals surface area (Å²) in [5, 5.41) is 7.82. The third-order valence-electron chi connectivity index (χ3n) is 11.2. The number of hydrogen-bond acceptors (Lipinski definition) is 2. The Bertz CT molecular complexity index is 2420. The minimum absolute atomic E-state index is 0.160. The Balaban J connectivity index is -0.000000426. The van der Waals surface area contributed by atoms with Crippen LogP contribution in [0.15, 0.2) is 218 Å². The number of methoxy groups -OCH3 is 2. The first kappa shape index (κ1) is 79.2. The van der Waals surface area contributed by atoms with E-state index in [-0.39, 0.29) is 5.41 Å². The van der Waals surface area contributed by atoms with Crippen molar-refractivity contribution < 1.29 is 9.47 Å². The van der Waals surface area contributed by atoms with Crippen molar-refractivity contribution in [3.05, 3.63) is 230 Å². The zero-order chi connectivity index (χ0) is 60.5. The predicted molar refractivity (Wildman–Crippen MR) is 366 cm³/mol. The SMILES string of the molecule is C1CCCCC1.CC.CC.CC.CC.CC.CC.CC.CC.CC1(C)c2ccccc2-c2ccccc21.COC.COC.c1ccc2c(-c3cccc4ccccc34)cccc2c1.c1ccc2ccccc2c1.c1ccccc1. The number of hydrogen-bond donors (Lipinski definition) is 0. The maximum absolute atomic E-state index is 4.25. The van der Waals surface area contributed by atoms with E-state index in [0.29, 0.717) is 0 Å². The zero-order valence-corrected chi connectivity index (χ0v) is 54.3. The van der Waals surface area contributed by atoms with Gasteiger partial charge in [0.15, 0.2) is 0 Å². The van der Waals surface area contributed by atoms with Crippen molar-refractivity contribution in [2.45, 2.75) is 169 Å².